The van der Waals surface area contributed by atoms with Gasteiger partial charge in [0.05, 0.1) is 0 Å². The van der Waals surface area contributed by atoms with Crippen molar-refractivity contribution in [3.8, 4) is 16.9 Å². The number of halogens is 2. The summed E-state index contributed by atoms with van der Waals surface area (Å²) < 4.78 is 5.87. The number of benzene rings is 2. The van der Waals surface area contributed by atoms with Gasteiger partial charge in [0.2, 0.25) is 0 Å². The van der Waals surface area contributed by atoms with Gasteiger partial charge >= 0.3 is 0 Å². The smallest absolute Gasteiger partial charge is 0.120 e. The summed E-state index contributed by atoms with van der Waals surface area (Å²) in [6.45, 7) is 1.05. The molecule has 3 nitrogen and oxygen atoms in total. The third-order valence-electron chi connectivity index (χ3n) is 3.45. The highest BCUT2D eigenvalue weighted by Crippen LogP contribution is 2.24. The van der Waals surface area contributed by atoms with E-state index in [2.05, 4.69) is 23.2 Å². The molecule has 0 bridgehead atoms. The van der Waals surface area contributed by atoms with Crippen LogP contribution in [0.5, 0.6) is 5.75 Å². The summed E-state index contributed by atoms with van der Waals surface area (Å²) in [5, 5.41) is 0. The molecule has 126 valence electrons. The number of hydrogen-bond acceptors (Lipinski definition) is 3. The van der Waals surface area contributed by atoms with E-state index in [0.29, 0.717) is 13.2 Å². The Bertz CT molecular complexity index is 751. The average Bonchev–Trinajstić information content (AvgIpc) is 2.61. The molecule has 3 aromatic rings. The van der Waals surface area contributed by atoms with Crippen molar-refractivity contribution in [2.45, 2.75) is 13.2 Å². The average molecular weight is 363 g/mol. The third-order valence-corrected chi connectivity index (χ3v) is 3.45. The van der Waals surface area contributed by atoms with Crippen LogP contribution in [0.4, 0.5) is 0 Å². The number of pyridine rings is 1. The van der Waals surface area contributed by atoms with Gasteiger partial charge < -0.3 is 10.5 Å². The molecule has 2 aromatic carbocycles. The number of rotatable bonds is 5. The molecule has 0 aliphatic carbocycles. The molecule has 0 spiro atoms. The van der Waals surface area contributed by atoms with Crippen molar-refractivity contribution in [2.75, 3.05) is 0 Å². The molecule has 0 aliphatic rings. The predicted octanol–water partition coefficient (Wildman–Crippen LogP) is 4.63. The maximum absolute atomic E-state index is 5.87. The number of nitrogens with two attached hydrogens (primary N) is 1. The molecule has 1 aromatic heterocycles. The highest BCUT2D eigenvalue weighted by atomic mass is 35.5. The fraction of sp³-hybridized carbons (Fsp3) is 0.105. The van der Waals surface area contributed by atoms with Crippen molar-refractivity contribution in [3.63, 3.8) is 0 Å². The Hall–Kier alpha value is -2.07. The lowest BCUT2D eigenvalue weighted by Crippen LogP contribution is -1.97. The number of aromatic nitrogens is 1. The zero-order valence-electron chi connectivity index (χ0n) is 13.1. The molecule has 0 saturated carbocycles. The van der Waals surface area contributed by atoms with E-state index in [9.17, 15) is 0 Å². The van der Waals surface area contributed by atoms with Crippen LogP contribution in [0.3, 0.4) is 0 Å². The summed E-state index contributed by atoms with van der Waals surface area (Å²) in [5.41, 5.74) is 9.97. The van der Waals surface area contributed by atoms with Gasteiger partial charge in [0, 0.05) is 24.5 Å². The van der Waals surface area contributed by atoms with E-state index in [0.717, 1.165) is 28.0 Å². The predicted molar refractivity (Wildman–Crippen MR) is 103 cm³/mol. The van der Waals surface area contributed by atoms with Crippen LogP contribution in [0, 0.1) is 0 Å². The second-order valence-electron chi connectivity index (χ2n) is 5.09. The Labute approximate surface area is 154 Å². The lowest BCUT2D eigenvalue weighted by atomic mass is 10.1. The Kier molecular flexibility index (Phi) is 8.27. The first-order valence-electron chi connectivity index (χ1n) is 7.26. The normalized spacial score (nSPS) is 9.54. The van der Waals surface area contributed by atoms with Crippen molar-refractivity contribution in [3.05, 3.63) is 84.2 Å². The number of nitrogens with zero attached hydrogens (tertiary/aromatic N) is 1. The first-order valence-corrected chi connectivity index (χ1v) is 7.26. The molecular formula is C19H20Cl2N2O. The molecule has 0 amide bonds. The van der Waals surface area contributed by atoms with Gasteiger partial charge in [-0.3, -0.25) is 4.98 Å². The standard InChI is InChI=1S/C19H18N2O.2ClH/c20-11-16-9-18(13-21-12-16)17-7-4-8-19(10-17)22-14-15-5-2-1-3-6-15;;/h1-10,12-13H,11,14,20H2;2*1H. The highest BCUT2D eigenvalue weighted by Gasteiger charge is 2.02. The molecule has 24 heavy (non-hydrogen) atoms. The summed E-state index contributed by atoms with van der Waals surface area (Å²) >= 11 is 0. The van der Waals surface area contributed by atoms with Crippen molar-refractivity contribution in [1.29, 1.82) is 0 Å². The van der Waals surface area contributed by atoms with Gasteiger partial charge in [0.1, 0.15) is 12.4 Å². The summed E-state index contributed by atoms with van der Waals surface area (Å²) in [4.78, 5) is 4.23. The second-order valence-corrected chi connectivity index (χ2v) is 5.09. The lowest BCUT2D eigenvalue weighted by molar-refractivity contribution is 0.306. The Balaban J connectivity index is 0.00000144. The van der Waals surface area contributed by atoms with E-state index >= 15 is 0 Å². The molecule has 0 fully saturated rings. The summed E-state index contributed by atoms with van der Waals surface area (Å²) in [7, 11) is 0. The summed E-state index contributed by atoms with van der Waals surface area (Å²) in [6.07, 6.45) is 3.63. The lowest BCUT2D eigenvalue weighted by Gasteiger charge is -2.09. The van der Waals surface area contributed by atoms with E-state index in [1.54, 1.807) is 6.20 Å². The Morgan fingerprint density at radius 1 is 0.792 bits per heavy atom. The minimum Gasteiger partial charge on any atom is -0.489 e. The highest BCUT2D eigenvalue weighted by molar-refractivity contribution is 5.85. The minimum absolute atomic E-state index is 0. The fourth-order valence-corrected chi connectivity index (χ4v) is 2.26. The van der Waals surface area contributed by atoms with Crippen molar-refractivity contribution in [1.82, 2.24) is 4.98 Å². The Morgan fingerprint density at radius 3 is 2.33 bits per heavy atom. The van der Waals surface area contributed by atoms with Gasteiger partial charge in [-0.2, -0.15) is 0 Å². The summed E-state index contributed by atoms with van der Waals surface area (Å²) in [5.74, 6) is 0.847. The van der Waals surface area contributed by atoms with E-state index in [1.807, 2.05) is 48.7 Å². The van der Waals surface area contributed by atoms with Crippen LogP contribution in [-0.2, 0) is 13.2 Å². The third kappa shape index (κ3) is 5.24. The monoisotopic (exact) mass is 362 g/mol. The van der Waals surface area contributed by atoms with Crippen LogP contribution in [0.2, 0.25) is 0 Å². The molecule has 0 unspecified atom stereocenters. The van der Waals surface area contributed by atoms with Gasteiger partial charge in [0.15, 0.2) is 0 Å². The number of ether oxygens (including phenoxy) is 1. The molecule has 0 saturated heterocycles. The SMILES string of the molecule is Cl.Cl.NCc1cncc(-c2cccc(OCc3ccccc3)c2)c1. The van der Waals surface area contributed by atoms with Crippen molar-refractivity contribution < 1.29 is 4.74 Å². The van der Waals surface area contributed by atoms with Crippen LogP contribution in [0.1, 0.15) is 11.1 Å². The van der Waals surface area contributed by atoms with E-state index < -0.39 is 0 Å². The van der Waals surface area contributed by atoms with Gasteiger partial charge in [-0.25, -0.2) is 0 Å². The maximum Gasteiger partial charge on any atom is 0.120 e. The molecule has 5 heteroatoms. The largest absolute Gasteiger partial charge is 0.489 e. The van der Waals surface area contributed by atoms with E-state index in [4.69, 9.17) is 10.5 Å². The fourth-order valence-electron chi connectivity index (χ4n) is 2.26. The zero-order chi connectivity index (χ0) is 15.2. The van der Waals surface area contributed by atoms with Crippen LogP contribution >= 0.6 is 24.8 Å². The quantitative estimate of drug-likeness (QED) is 0.719. The number of hydrogen-bond donors (Lipinski definition) is 1. The molecule has 0 aliphatic heterocycles. The minimum atomic E-state index is 0. The maximum atomic E-state index is 5.87. The molecule has 1 heterocycles. The Morgan fingerprint density at radius 2 is 1.58 bits per heavy atom. The molecule has 0 radical (unpaired) electrons. The van der Waals surface area contributed by atoms with E-state index in [-0.39, 0.29) is 24.8 Å². The van der Waals surface area contributed by atoms with Gasteiger partial charge in [0.25, 0.3) is 0 Å². The molecule has 0 atom stereocenters. The summed E-state index contributed by atoms with van der Waals surface area (Å²) in [6, 6.07) is 20.2. The molecular weight excluding hydrogens is 343 g/mol. The van der Waals surface area contributed by atoms with Crippen LogP contribution in [-0.4, -0.2) is 4.98 Å². The van der Waals surface area contributed by atoms with Gasteiger partial charge in [-0.1, -0.05) is 42.5 Å². The van der Waals surface area contributed by atoms with E-state index in [1.165, 1.54) is 0 Å². The topological polar surface area (TPSA) is 48.1 Å². The van der Waals surface area contributed by atoms with Crippen LogP contribution in [0.15, 0.2) is 73.1 Å². The zero-order valence-corrected chi connectivity index (χ0v) is 14.7. The molecule has 3 rings (SSSR count). The van der Waals surface area contributed by atoms with Crippen molar-refractivity contribution in [2.24, 2.45) is 5.73 Å². The van der Waals surface area contributed by atoms with Crippen LogP contribution in [0.25, 0.3) is 11.1 Å². The molecule has 2 N–H and O–H groups in total. The second kappa shape index (κ2) is 9.93. The van der Waals surface area contributed by atoms with Gasteiger partial charge in [-0.15, -0.1) is 24.8 Å². The first kappa shape index (κ1) is 20.0. The van der Waals surface area contributed by atoms with Gasteiger partial charge in [-0.05, 0) is 34.9 Å². The first-order chi connectivity index (χ1) is 10.8. The van der Waals surface area contributed by atoms with Crippen LogP contribution < -0.4 is 10.5 Å². The van der Waals surface area contributed by atoms with Crippen molar-refractivity contribution >= 4 is 24.8 Å².